The molecule has 0 saturated heterocycles. The molecule has 0 spiro atoms. The second-order valence-corrected chi connectivity index (χ2v) is 11.7. The molecule has 0 saturated carbocycles. The quantitative estimate of drug-likeness (QED) is 0.155. The summed E-state index contributed by atoms with van der Waals surface area (Å²) in [4.78, 5) is 50.0. The van der Waals surface area contributed by atoms with Crippen LogP contribution in [-0.2, 0) is 25.7 Å². The van der Waals surface area contributed by atoms with E-state index in [9.17, 15) is 24.3 Å². The van der Waals surface area contributed by atoms with Crippen molar-refractivity contribution in [1.29, 1.82) is 0 Å². The van der Waals surface area contributed by atoms with Gasteiger partial charge in [0.1, 0.15) is 25.3 Å². The average Bonchev–Trinajstić information content (AvgIpc) is 3.37. The maximum absolute atomic E-state index is 13.2. The number of fused-ring (bicyclic) bond motifs is 3. The fraction of sp³-hybridized carbons (Fsp3) is 0.353. The van der Waals surface area contributed by atoms with Crippen LogP contribution in [0.15, 0.2) is 78.9 Å². The summed E-state index contributed by atoms with van der Waals surface area (Å²) in [6.07, 6.45) is 1.96. The van der Waals surface area contributed by atoms with Crippen LogP contribution in [0, 0.1) is 0 Å². The smallest absolute Gasteiger partial charge is 0.407 e. The first-order valence-electron chi connectivity index (χ1n) is 15.0. The Morgan fingerprint density at radius 3 is 2.07 bits per heavy atom. The standard InChI is InChI=1S/C34H39N3O7S/c1-45-20-18-30(32(39)40)36-31(38)29(17-9-10-19-35-33(41)43-21-23-11-3-2-4-12-23)37-34(42)44-22-28-26-15-7-5-13-24(26)25-14-6-8-16-27(25)28/h2-8,11-16,28-30H,9-10,17-22H2,1H3,(H,35,41)(H,36,38)(H,37,42)(H,39,40)/t29-,30-/m0/s1. The number of nitrogens with one attached hydrogen (secondary N) is 3. The van der Waals surface area contributed by atoms with Crippen LogP contribution < -0.4 is 16.0 Å². The molecule has 0 unspecified atom stereocenters. The van der Waals surface area contributed by atoms with Gasteiger partial charge in [-0.1, -0.05) is 78.9 Å². The van der Waals surface area contributed by atoms with Gasteiger partial charge in [0.05, 0.1) is 0 Å². The highest BCUT2D eigenvalue weighted by atomic mass is 32.2. The topological polar surface area (TPSA) is 143 Å². The number of alkyl carbamates (subject to hydrolysis) is 2. The molecule has 4 N–H and O–H groups in total. The number of carbonyl (C=O) groups is 4. The first kappa shape index (κ1) is 33.4. The molecule has 2 atom stereocenters. The summed E-state index contributed by atoms with van der Waals surface area (Å²) in [5.74, 6) is -1.35. The van der Waals surface area contributed by atoms with E-state index in [0.29, 0.717) is 25.1 Å². The van der Waals surface area contributed by atoms with Gasteiger partial charge in [-0.3, -0.25) is 4.79 Å². The van der Waals surface area contributed by atoms with E-state index in [-0.39, 0.29) is 32.0 Å². The molecule has 0 heterocycles. The van der Waals surface area contributed by atoms with Crippen LogP contribution in [0.2, 0.25) is 0 Å². The third-order valence-electron chi connectivity index (χ3n) is 7.58. The van der Waals surface area contributed by atoms with E-state index in [2.05, 4.69) is 16.0 Å². The maximum atomic E-state index is 13.2. The number of thioether (sulfide) groups is 1. The predicted molar refractivity (Wildman–Crippen MR) is 173 cm³/mol. The van der Waals surface area contributed by atoms with Gasteiger partial charge in [0, 0.05) is 12.5 Å². The molecule has 10 nitrogen and oxygen atoms in total. The van der Waals surface area contributed by atoms with Crippen LogP contribution in [0.1, 0.15) is 48.3 Å². The van der Waals surface area contributed by atoms with Crippen molar-refractivity contribution in [1.82, 2.24) is 16.0 Å². The van der Waals surface area contributed by atoms with Crippen LogP contribution in [0.4, 0.5) is 9.59 Å². The third-order valence-corrected chi connectivity index (χ3v) is 8.22. The van der Waals surface area contributed by atoms with Gasteiger partial charge < -0.3 is 30.5 Å². The SMILES string of the molecule is CSCC[C@H](NC(=O)[C@H](CCCCNC(=O)OCc1ccccc1)NC(=O)OCC1c2ccccc2-c2ccccc21)C(=O)O. The molecule has 1 aliphatic rings. The van der Waals surface area contributed by atoms with E-state index in [1.165, 1.54) is 11.8 Å². The van der Waals surface area contributed by atoms with Gasteiger partial charge >= 0.3 is 18.2 Å². The zero-order valence-electron chi connectivity index (χ0n) is 25.2. The lowest BCUT2D eigenvalue weighted by Crippen LogP contribution is -2.52. The number of hydrogen-bond donors (Lipinski definition) is 4. The average molecular weight is 634 g/mol. The minimum absolute atomic E-state index is 0.0781. The molecule has 0 radical (unpaired) electrons. The summed E-state index contributed by atoms with van der Waals surface area (Å²) in [7, 11) is 0. The summed E-state index contributed by atoms with van der Waals surface area (Å²) in [5.41, 5.74) is 5.20. The highest BCUT2D eigenvalue weighted by molar-refractivity contribution is 7.98. The summed E-state index contributed by atoms with van der Waals surface area (Å²) in [6.45, 7) is 0.535. The van der Waals surface area contributed by atoms with Crippen molar-refractivity contribution in [3.05, 3.63) is 95.6 Å². The van der Waals surface area contributed by atoms with Gasteiger partial charge in [0.25, 0.3) is 0 Å². The summed E-state index contributed by atoms with van der Waals surface area (Å²) in [5, 5.41) is 17.5. The maximum Gasteiger partial charge on any atom is 0.407 e. The molecule has 1 aliphatic carbocycles. The Morgan fingerprint density at radius 1 is 0.778 bits per heavy atom. The zero-order chi connectivity index (χ0) is 32.0. The first-order chi connectivity index (χ1) is 21.9. The van der Waals surface area contributed by atoms with Crippen LogP contribution in [0.25, 0.3) is 11.1 Å². The van der Waals surface area contributed by atoms with E-state index >= 15 is 0 Å². The van der Waals surface area contributed by atoms with Gasteiger partial charge in [0.15, 0.2) is 0 Å². The van der Waals surface area contributed by atoms with E-state index in [0.717, 1.165) is 27.8 Å². The third kappa shape index (κ3) is 9.74. The molecule has 3 amide bonds. The lowest BCUT2D eigenvalue weighted by atomic mass is 9.98. The number of carboxylic acid groups (broad SMARTS) is 1. The second kappa shape index (κ2) is 17.1. The van der Waals surface area contributed by atoms with Crippen molar-refractivity contribution in [3.63, 3.8) is 0 Å². The van der Waals surface area contributed by atoms with Crippen molar-refractivity contribution < 1.29 is 33.8 Å². The fourth-order valence-corrected chi connectivity index (χ4v) is 5.73. The molecule has 0 aliphatic heterocycles. The van der Waals surface area contributed by atoms with Crippen molar-refractivity contribution in [2.45, 2.75) is 50.3 Å². The monoisotopic (exact) mass is 633 g/mol. The van der Waals surface area contributed by atoms with Gasteiger partial charge in [-0.2, -0.15) is 11.8 Å². The van der Waals surface area contributed by atoms with E-state index in [1.54, 1.807) is 0 Å². The van der Waals surface area contributed by atoms with Gasteiger partial charge in [-0.15, -0.1) is 0 Å². The molecule has 0 fully saturated rings. The predicted octanol–water partition coefficient (Wildman–Crippen LogP) is 5.31. The normalized spacial score (nSPS) is 13.1. The Balaban J connectivity index is 1.31. The van der Waals surface area contributed by atoms with E-state index in [1.807, 2.05) is 85.1 Å². The Morgan fingerprint density at radius 2 is 1.42 bits per heavy atom. The largest absolute Gasteiger partial charge is 0.480 e. The first-order valence-corrected chi connectivity index (χ1v) is 16.3. The highest BCUT2D eigenvalue weighted by Gasteiger charge is 2.30. The minimum atomic E-state index is -1.14. The highest BCUT2D eigenvalue weighted by Crippen LogP contribution is 2.44. The van der Waals surface area contributed by atoms with Crippen LogP contribution in [-0.4, -0.2) is 66.4 Å². The van der Waals surface area contributed by atoms with Crippen LogP contribution in [0.5, 0.6) is 0 Å². The number of ether oxygens (including phenoxy) is 2. The van der Waals surface area contributed by atoms with Crippen LogP contribution >= 0.6 is 11.8 Å². The van der Waals surface area contributed by atoms with Crippen LogP contribution in [0.3, 0.4) is 0 Å². The van der Waals surface area contributed by atoms with Crippen molar-refractivity contribution in [2.75, 3.05) is 25.2 Å². The van der Waals surface area contributed by atoms with Gasteiger partial charge in [-0.25, -0.2) is 14.4 Å². The molecule has 238 valence electrons. The number of rotatable bonds is 16. The number of benzene rings is 3. The van der Waals surface area contributed by atoms with Crippen molar-refractivity contribution in [2.24, 2.45) is 0 Å². The lowest BCUT2D eigenvalue weighted by molar-refractivity contribution is -0.142. The number of aliphatic carboxylic acids is 1. The minimum Gasteiger partial charge on any atom is -0.480 e. The van der Waals surface area contributed by atoms with E-state index < -0.39 is 36.1 Å². The molecule has 0 aromatic heterocycles. The Hall–Kier alpha value is -4.51. The molecular weight excluding hydrogens is 594 g/mol. The summed E-state index contributed by atoms with van der Waals surface area (Å²) < 4.78 is 10.8. The Kier molecular flexibility index (Phi) is 12.7. The van der Waals surface area contributed by atoms with Gasteiger partial charge in [0.2, 0.25) is 5.91 Å². The second-order valence-electron chi connectivity index (χ2n) is 10.7. The molecule has 0 bridgehead atoms. The Bertz CT molecular complexity index is 1410. The van der Waals surface area contributed by atoms with Crippen molar-refractivity contribution >= 4 is 35.8 Å². The van der Waals surface area contributed by atoms with Crippen molar-refractivity contribution in [3.8, 4) is 11.1 Å². The molecule has 3 aromatic carbocycles. The number of hydrogen-bond acceptors (Lipinski definition) is 7. The lowest BCUT2D eigenvalue weighted by Gasteiger charge is -2.22. The van der Waals surface area contributed by atoms with Gasteiger partial charge in [-0.05, 0) is 65.5 Å². The summed E-state index contributed by atoms with van der Waals surface area (Å²) >= 11 is 1.48. The molecule has 45 heavy (non-hydrogen) atoms. The molecular formula is C34H39N3O7S. The number of unbranched alkanes of at least 4 members (excludes halogenated alkanes) is 1. The van der Waals surface area contributed by atoms with E-state index in [4.69, 9.17) is 9.47 Å². The molecule has 4 rings (SSSR count). The number of amides is 3. The number of carbonyl (C=O) groups excluding carboxylic acids is 3. The number of carboxylic acids is 1. The molecule has 11 heteroatoms. The summed E-state index contributed by atoms with van der Waals surface area (Å²) in [6, 6.07) is 23.2. The zero-order valence-corrected chi connectivity index (χ0v) is 26.0. The Labute approximate surface area is 267 Å². The fourth-order valence-electron chi connectivity index (χ4n) is 5.25. The molecule has 3 aromatic rings.